The topological polar surface area (TPSA) is 84.3 Å². The molecule has 7 nitrogen and oxygen atoms in total. The van der Waals surface area contributed by atoms with E-state index in [1.165, 1.54) is 11.0 Å². The molecule has 1 aromatic heterocycles. The number of nitrogens with zero attached hydrogens (tertiary/aromatic N) is 3. The number of imide groups is 1. The third-order valence-electron chi connectivity index (χ3n) is 5.53. The third kappa shape index (κ3) is 4.04. The van der Waals surface area contributed by atoms with E-state index in [2.05, 4.69) is 10.4 Å². The summed E-state index contributed by atoms with van der Waals surface area (Å²) < 4.78 is 1.74. The molecule has 0 atom stereocenters. The summed E-state index contributed by atoms with van der Waals surface area (Å²) >= 11 is 0. The fraction of sp³-hybridized carbons (Fsp3) is 0.0769. The van der Waals surface area contributed by atoms with Crippen LogP contribution in [0, 0.1) is 0 Å². The molecule has 5 rings (SSSR count). The van der Waals surface area contributed by atoms with Gasteiger partial charge in [0.05, 0.1) is 29.6 Å². The highest BCUT2D eigenvalue weighted by Gasteiger charge is 2.35. The first-order valence-corrected chi connectivity index (χ1v) is 10.5. The molecule has 0 unspecified atom stereocenters. The van der Waals surface area contributed by atoms with Gasteiger partial charge in [0.15, 0.2) is 0 Å². The van der Waals surface area contributed by atoms with Gasteiger partial charge in [-0.05, 0) is 35.9 Å². The molecule has 33 heavy (non-hydrogen) atoms. The van der Waals surface area contributed by atoms with E-state index in [-0.39, 0.29) is 30.5 Å². The average molecular weight is 436 g/mol. The lowest BCUT2D eigenvalue weighted by Gasteiger charge is -2.13. The summed E-state index contributed by atoms with van der Waals surface area (Å²) in [5, 5.41) is 7.17. The minimum absolute atomic E-state index is 0.195. The van der Waals surface area contributed by atoms with Crippen LogP contribution in [0.5, 0.6) is 0 Å². The van der Waals surface area contributed by atoms with Crippen molar-refractivity contribution >= 4 is 17.7 Å². The fourth-order valence-corrected chi connectivity index (χ4v) is 3.80. The van der Waals surface area contributed by atoms with E-state index in [1.807, 2.05) is 66.9 Å². The summed E-state index contributed by atoms with van der Waals surface area (Å²) in [6.07, 6.45) is 3.54. The molecule has 0 aliphatic carbocycles. The smallest absolute Gasteiger partial charge is 0.261 e. The summed E-state index contributed by atoms with van der Waals surface area (Å²) in [5.41, 5.74) is 3.52. The van der Waals surface area contributed by atoms with E-state index in [0.717, 1.165) is 16.8 Å². The van der Waals surface area contributed by atoms with Crippen molar-refractivity contribution in [1.82, 2.24) is 20.0 Å². The first-order chi connectivity index (χ1) is 16.1. The van der Waals surface area contributed by atoms with Crippen molar-refractivity contribution in [1.29, 1.82) is 0 Å². The molecule has 0 saturated carbocycles. The number of rotatable bonds is 6. The Balaban J connectivity index is 1.27. The number of carbonyl (C=O) groups excluding carboxylic acids is 3. The number of hydrogen-bond acceptors (Lipinski definition) is 4. The van der Waals surface area contributed by atoms with E-state index >= 15 is 0 Å². The Morgan fingerprint density at radius 2 is 1.52 bits per heavy atom. The van der Waals surface area contributed by atoms with Crippen LogP contribution in [0.15, 0.2) is 91.3 Å². The zero-order valence-corrected chi connectivity index (χ0v) is 17.6. The van der Waals surface area contributed by atoms with Crippen LogP contribution in [0.3, 0.4) is 0 Å². The highest BCUT2D eigenvalue weighted by molar-refractivity contribution is 6.22. The van der Waals surface area contributed by atoms with Crippen LogP contribution in [0.4, 0.5) is 0 Å². The highest BCUT2D eigenvalue weighted by atomic mass is 16.2. The molecule has 162 valence electrons. The van der Waals surface area contributed by atoms with Crippen LogP contribution in [0.1, 0.15) is 42.2 Å². The molecule has 1 aliphatic rings. The fourth-order valence-electron chi connectivity index (χ4n) is 3.80. The number of hydrogen-bond donors (Lipinski definition) is 1. The van der Waals surface area contributed by atoms with Gasteiger partial charge in [0.25, 0.3) is 17.7 Å². The van der Waals surface area contributed by atoms with E-state index < -0.39 is 5.91 Å². The molecule has 0 saturated heterocycles. The van der Waals surface area contributed by atoms with Gasteiger partial charge < -0.3 is 5.32 Å². The molecular weight excluding hydrogens is 416 g/mol. The molecule has 0 radical (unpaired) electrons. The number of aromatic nitrogens is 2. The molecule has 4 aromatic rings. The summed E-state index contributed by atoms with van der Waals surface area (Å²) in [6, 6.07) is 23.6. The Kier molecular flexibility index (Phi) is 5.28. The lowest BCUT2D eigenvalue weighted by molar-refractivity contribution is 0.0642. The molecule has 0 fully saturated rings. The summed E-state index contributed by atoms with van der Waals surface area (Å²) in [7, 11) is 0. The zero-order chi connectivity index (χ0) is 22.8. The number of nitrogens with one attached hydrogen (secondary N) is 1. The average Bonchev–Trinajstić information content (AvgIpc) is 3.43. The maximum absolute atomic E-state index is 12.9. The summed E-state index contributed by atoms with van der Waals surface area (Å²) in [6.45, 7) is 0.482. The Hall–Kier alpha value is -4.52. The van der Waals surface area contributed by atoms with Crippen LogP contribution in [-0.4, -0.2) is 32.4 Å². The Labute approximate surface area is 190 Å². The highest BCUT2D eigenvalue weighted by Crippen LogP contribution is 2.25. The second kappa shape index (κ2) is 8.55. The van der Waals surface area contributed by atoms with Crippen molar-refractivity contribution in [3.8, 4) is 5.69 Å². The standard InChI is InChI=1S/C26H20N4O3/c31-24(27-14-19-15-28-30(17-19)21-9-5-2-6-10-21)20-11-12-22-23(13-20)26(33)29(25(22)32)16-18-7-3-1-4-8-18/h1-13,15,17H,14,16H2,(H,27,31). The van der Waals surface area contributed by atoms with E-state index in [0.29, 0.717) is 11.1 Å². The van der Waals surface area contributed by atoms with Crippen molar-refractivity contribution in [2.75, 3.05) is 0 Å². The van der Waals surface area contributed by atoms with Gasteiger partial charge in [-0.1, -0.05) is 48.5 Å². The Morgan fingerprint density at radius 1 is 0.818 bits per heavy atom. The van der Waals surface area contributed by atoms with Gasteiger partial charge in [-0.15, -0.1) is 0 Å². The maximum atomic E-state index is 12.9. The van der Waals surface area contributed by atoms with Gasteiger partial charge in [0.1, 0.15) is 0 Å². The molecule has 1 N–H and O–H groups in total. The van der Waals surface area contributed by atoms with Gasteiger partial charge in [-0.2, -0.15) is 5.10 Å². The Bertz CT molecular complexity index is 1350. The van der Waals surface area contributed by atoms with E-state index in [4.69, 9.17) is 0 Å². The summed E-state index contributed by atoms with van der Waals surface area (Å²) in [5.74, 6) is -1.07. The predicted octanol–water partition coefficient (Wildman–Crippen LogP) is 3.60. The van der Waals surface area contributed by atoms with Crippen molar-refractivity contribution in [3.05, 3.63) is 119 Å². The largest absolute Gasteiger partial charge is 0.348 e. The van der Waals surface area contributed by atoms with Crippen LogP contribution >= 0.6 is 0 Å². The minimum atomic E-state index is -0.391. The van der Waals surface area contributed by atoms with Crippen LogP contribution in [-0.2, 0) is 13.1 Å². The van der Waals surface area contributed by atoms with Crippen molar-refractivity contribution < 1.29 is 14.4 Å². The number of fused-ring (bicyclic) bond motifs is 1. The Morgan fingerprint density at radius 3 is 2.27 bits per heavy atom. The van der Waals surface area contributed by atoms with Gasteiger partial charge in [-0.3, -0.25) is 19.3 Å². The third-order valence-corrected chi connectivity index (χ3v) is 5.53. The normalized spacial score (nSPS) is 12.7. The zero-order valence-electron chi connectivity index (χ0n) is 17.6. The minimum Gasteiger partial charge on any atom is -0.348 e. The number of para-hydroxylation sites is 1. The van der Waals surface area contributed by atoms with Crippen molar-refractivity contribution in [2.45, 2.75) is 13.1 Å². The maximum Gasteiger partial charge on any atom is 0.261 e. The van der Waals surface area contributed by atoms with Crippen LogP contribution in [0.2, 0.25) is 0 Å². The van der Waals surface area contributed by atoms with Gasteiger partial charge >= 0.3 is 0 Å². The molecule has 3 amide bonds. The quantitative estimate of drug-likeness (QED) is 0.468. The number of carbonyl (C=O) groups is 3. The van der Waals surface area contributed by atoms with Crippen LogP contribution < -0.4 is 5.32 Å². The molecule has 0 bridgehead atoms. The lowest BCUT2D eigenvalue weighted by atomic mass is 10.1. The molecule has 2 heterocycles. The molecule has 0 spiro atoms. The van der Waals surface area contributed by atoms with Crippen LogP contribution in [0.25, 0.3) is 5.69 Å². The van der Waals surface area contributed by atoms with Crippen molar-refractivity contribution in [2.24, 2.45) is 0 Å². The predicted molar refractivity (Wildman–Crippen MR) is 122 cm³/mol. The molecular formula is C26H20N4O3. The van der Waals surface area contributed by atoms with Crippen molar-refractivity contribution in [3.63, 3.8) is 0 Å². The second-order valence-electron chi connectivity index (χ2n) is 7.75. The van der Waals surface area contributed by atoms with Gasteiger partial charge in [0.2, 0.25) is 0 Å². The lowest BCUT2D eigenvalue weighted by Crippen LogP contribution is -2.29. The SMILES string of the molecule is O=C(NCc1cnn(-c2ccccc2)c1)c1ccc2c(c1)C(=O)N(Cc1ccccc1)C2=O. The first kappa shape index (κ1) is 20.4. The van der Waals surface area contributed by atoms with Gasteiger partial charge in [-0.25, -0.2) is 4.68 Å². The monoisotopic (exact) mass is 436 g/mol. The van der Waals surface area contributed by atoms with E-state index in [9.17, 15) is 14.4 Å². The molecule has 3 aromatic carbocycles. The second-order valence-corrected chi connectivity index (χ2v) is 7.75. The van der Waals surface area contributed by atoms with Gasteiger partial charge in [0, 0.05) is 23.9 Å². The van der Waals surface area contributed by atoms with E-state index in [1.54, 1.807) is 23.0 Å². The number of benzene rings is 3. The molecule has 7 heteroatoms. The molecule has 1 aliphatic heterocycles. The summed E-state index contributed by atoms with van der Waals surface area (Å²) in [4.78, 5) is 39.5. The first-order valence-electron chi connectivity index (χ1n) is 10.5. The number of amides is 3.